The number of rotatable bonds is 9. The summed E-state index contributed by atoms with van der Waals surface area (Å²) in [6.45, 7) is 9.75. The number of nitrogens with one attached hydrogen (secondary N) is 2. The second-order valence-electron chi connectivity index (χ2n) is 5.75. The molecule has 1 aromatic rings. The number of nitrogens with zero attached hydrogens (tertiary/aromatic N) is 1. The van der Waals surface area contributed by atoms with Gasteiger partial charge < -0.3 is 9.88 Å². The van der Waals surface area contributed by atoms with Crippen molar-refractivity contribution in [2.75, 3.05) is 6.54 Å². The van der Waals surface area contributed by atoms with Crippen molar-refractivity contribution in [2.24, 2.45) is 13.0 Å². The van der Waals surface area contributed by atoms with Crippen molar-refractivity contribution in [1.29, 1.82) is 0 Å². The lowest BCUT2D eigenvalue weighted by molar-refractivity contribution is 0.434. The highest BCUT2D eigenvalue weighted by Gasteiger charge is 2.22. The van der Waals surface area contributed by atoms with E-state index in [1.807, 2.05) is 18.5 Å². The lowest BCUT2D eigenvalue weighted by Gasteiger charge is -2.19. The van der Waals surface area contributed by atoms with Gasteiger partial charge in [-0.1, -0.05) is 27.2 Å². The monoisotopic (exact) mass is 315 g/mol. The van der Waals surface area contributed by atoms with Crippen molar-refractivity contribution >= 4 is 10.0 Å². The zero-order chi connectivity index (χ0) is 16.0. The molecule has 0 aromatic carbocycles. The maximum absolute atomic E-state index is 12.4. The predicted molar refractivity (Wildman–Crippen MR) is 86.6 cm³/mol. The van der Waals surface area contributed by atoms with Crippen molar-refractivity contribution in [3.63, 3.8) is 0 Å². The number of hydrogen-bond acceptors (Lipinski definition) is 3. The Morgan fingerprint density at radius 2 is 1.95 bits per heavy atom. The fourth-order valence-corrected chi connectivity index (χ4v) is 3.52. The largest absolute Gasteiger partial charge is 0.352 e. The average Bonchev–Trinajstić information content (AvgIpc) is 2.80. The van der Waals surface area contributed by atoms with Crippen LogP contribution in [0.25, 0.3) is 0 Å². The second kappa shape index (κ2) is 7.96. The first-order valence-electron chi connectivity index (χ1n) is 7.70. The molecule has 2 N–H and O–H groups in total. The minimum Gasteiger partial charge on any atom is -0.352 e. The molecule has 0 aliphatic rings. The Bertz CT molecular complexity index is 537. The maximum Gasteiger partial charge on any atom is 0.242 e. The van der Waals surface area contributed by atoms with Crippen LogP contribution >= 0.6 is 0 Å². The number of aromatic nitrogens is 1. The first kappa shape index (κ1) is 18.2. The molecule has 0 saturated heterocycles. The van der Waals surface area contributed by atoms with E-state index in [-0.39, 0.29) is 6.04 Å². The molecule has 1 aromatic heterocycles. The van der Waals surface area contributed by atoms with Gasteiger partial charge in [-0.05, 0) is 31.9 Å². The summed E-state index contributed by atoms with van der Waals surface area (Å²) >= 11 is 0. The van der Waals surface area contributed by atoms with Gasteiger partial charge >= 0.3 is 0 Å². The van der Waals surface area contributed by atoms with Crippen molar-refractivity contribution in [1.82, 2.24) is 14.6 Å². The van der Waals surface area contributed by atoms with E-state index < -0.39 is 10.0 Å². The van der Waals surface area contributed by atoms with Crippen LogP contribution in [0.2, 0.25) is 0 Å². The molecular formula is C15H29N3O2S. The third-order valence-electron chi connectivity index (χ3n) is 3.96. The van der Waals surface area contributed by atoms with E-state index in [1.165, 1.54) is 0 Å². The quantitative estimate of drug-likeness (QED) is 0.687. The Kier molecular flexibility index (Phi) is 6.90. The molecule has 0 radical (unpaired) electrons. The van der Waals surface area contributed by atoms with Crippen LogP contribution < -0.4 is 10.0 Å². The first-order chi connectivity index (χ1) is 9.81. The smallest absolute Gasteiger partial charge is 0.242 e. The van der Waals surface area contributed by atoms with Crippen molar-refractivity contribution < 1.29 is 8.42 Å². The van der Waals surface area contributed by atoms with E-state index in [0.717, 1.165) is 25.1 Å². The minimum atomic E-state index is -3.45. The summed E-state index contributed by atoms with van der Waals surface area (Å²) in [5.74, 6) is 0.314. The van der Waals surface area contributed by atoms with Gasteiger partial charge in [0.25, 0.3) is 0 Å². The van der Waals surface area contributed by atoms with Crippen molar-refractivity contribution in [3.8, 4) is 0 Å². The van der Waals surface area contributed by atoms with Crippen LogP contribution in [0, 0.1) is 5.92 Å². The zero-order valence-electron chi connectivity index (χ0n) is 13.8. The third kappa shape index (κ3) is 5.13. The van der Waals surface area contributed by atoms with Crippen molar-refractivity contribution in [2.45, 2.75) is 58.0 Å². The third-order valence-corrected chi connectivity index (χ3v) is 5.49. The summed E-state index contributed by atoms with van der Waals surface area (Å²) in [7, 11) is -1.57. The molecule has 0 amide bonds. The van der Waals surface area contributed by atoms with E-state index in [9.17, 15) is 8.42 Å². The summed E-state index contributed by atoms with van der Waals surface area (Å²) in [5.41, 5.74) is 0.972. The van der Waals surface area contributed by atoms with Crippen LogP contribution in [0.15, 0.2) is 17.2 Å². The van der Waals surface area contributed by atoms with E-state index >= 15 is 0 Å². The highest BCUT2D eigenvalue weighted by Crippen LogP contribution is 2.16. The molecular weight excluding hydrogens is 286 g/mol. The fourth-order valence-electron chi connectivity index (χ4n) is 2.08. The maximum atomic E-state index is 12.4. The normalized spacial score (nSPS) is 15.1. The van der Waals surface area contributed by atoms with Crippen LogP contribution in [-0.2, 0) is 23.6 Å². The van der Waals surface area contributed by atoms with Gasteiger partial charge in [0.2, 0.25) is 10.0 Å². The van der Waals surface area contributed by atoms with Gasteiger partial charge in [0.05, 0.1) is 4.90 Å². The van der Waals surface area contributed by atoms with Gasteiger partial charge in [-0.15, -0.1) is 0 Å². The predicted octanol–water partition coefficient (Wildman–Crippen LogP) is 2.24. The van der Waals surface area contributed by atoms with E-state index in [4.69, 9.17) is 0 Å². The molecule has 0 bridgehead atoms. The van der Waals surface area contributed by atoms with Gasteiger partial charge in [0, 0.05) is 31.5 Å². The highest BCUT2D eigenvalue weighted by atomic mass is 32.2. The second-order valence-corrected chi connectivity index (χ2v) is 7.46. The molecule has 1 heterocycles. The summed E-state index contributed by atoms with van der Waals surface area (Å²) in [6.07, 6.45) is 3.68. The molecule has 5 nitrogen and oxygen atoms in total. The van der Waals surface area contributed by atoms with Crippen molar-refractivity contribution in [3.05, 3.63) is 18.0 Å². The molecule has 122 valence electrons. The molecule has 0 spiro atoms. The Hall–Kier alpha value is -0.850. The van der Waals surface area contributed by atoms with Gasteiger partial charge in [-0.3, -0.25) is 0 Å². The van der Waals surface area contributed by atoms with Crippen LogP contribution in [0.1, 0.15) is 46.2 Å². The topological polar surface area (TPSA) is 63.1 Å². The molecule has 0 aliphatic heterocycles. The number of sulfonamides is 1. The molecule has 2 atom stereocenters. The Morgan fingerprint density at radius 1 is 1.29 bits per heavy atom. The fraction of sp³-hybridized carbons (Fsp3) is 0.733. The molecule has 2 unspecified atom stereocenters. The molecule has 0 fully saturated rings. The zero-order valence-corrected chi connectivity index (χ0v) is 14.6. The highest BCUT2D eigenvalue weighted by molar-refractivity contribution is 7.89. The van der Waals surface area contributed by atoms with E-state index in [2.05, 4.69) is 30.8 Å². The van der Waals surface area contributed by atoms with Crippen LogP contribution in [0.5, 0.6) is 0 Å². The van der Waals surface area contributed by atoms with E-state index in [0.29, 0.717) is 17.4 Å². The van der Waals surface area contributed by atoms with Gasteiger partial charge in [0.1, 0.15) is 0 Å². The SMILES string of the molecule is CCCNCc1cc(S(=O)(=O)NC(C)C(C)CC)cn1C. The Morgan fingerprint density at radius 3 is 2.52 bits per heavy atom. The van der Waals surface area contributed by atoms with E-state index in [1.54, 1.807) is 12.3 Å². The number of hydrogen-bond donors (Lipinski definition) is 2. The lowest BCUT2D eigenvalue weighted by Crippen LogP contribution is -2.36. The molecule has 0 saturated carbocycles. The van der Waals surface area contributed by atoms with Gasteiger partial charge in [0.15, 0.2) is 0 Å². The molecule has 1 rings (SSSR count). The standard InChI is InChI=1S/C15H29N3O2S/c1-6-8-16-10-14-9-15(11-18(14)5)21(19,20)17-13(4)12(3)7-2/h9,11-13,16-17H,6-8,10H2,1-5H3. The Balaban J connectivity index is 2.82. The van der Waals surface area contributed by atoms with Gasteiger partial charge in [-0.25, -0.2) is 13.1 Å². The molecule has 6 heteroatoms. The summed E-state index contributed by atoms with van der Waals surface area (Å²) in [4.78, 5) is 0.341. The molecule has 21 heavy (non-hydrogen) atoms. The first-order valence-corrected chi connectivity index (χ1v) is 9.18. The van der Waals surface area contributed by atoms with Crippen LogP contribution in [-0.4, -0.2) is 25.6 Å². The number of aryl methyl sites for hydroxylation is 1. The minimum absolute atomic E-state index is 0.0677. The van der Waals surface area contributed by atoms with Crippen LogP contribution in [0.3, 0.4) is 0 Å². The lowest BCUT2D eigenvalue weighted by atomic mass is 10.0. The molecule has 0 aliphatic carbocycles. The summed E-state index contributed by atoms with van der Waals surface area (Å²) in [6, 6.07) is 1.68. The summed E-state index contributed by atoms with van der Waals surface area (Å²) in [5, 5.41) is 3.29. The summed E-state index contributed by atoms with van der Waals surface area (Å²) < 4.78 is 29.5. The van der Waals surface area contributed by atoms with Crippen LogP contribution in [0.4, 0.5) is 0 Å². The van der Waals surface area contributed by atoms with Gasteiger partial charge in [-0.2, -0.15) is 0 Å². The Labute approximate surface area is 129 Å². The average molecular weight is 315 g/mol.